The summed E-state index contributed by atoms with van der Waals surface area (Å²) in [6.45, 7) is 5.61. The second kappa shape index (κ2) is 2.82. The summed E-state index contributed by atoms with van der Waals surface area (Å²) in [5.41, 5.74) is -1.66. The fourth-order valence-electron chi connectivity index (χ4n) is 0.374. The molecule has 0 saturated heterocycles. The van der Waals surface area contributed by atoms with Crippen molar-refractivity contribution < 1.29 is 10.2 Å². The highest BCUT2D eigenvalue weighted by Crippen LogP contribution is 2.14. The predicted octanol–water partition coefficient (Wildman–Crippen LogP) is 0.245. The molecule has 3 nitrogen and oxygen atoms in total. The molecule has 0 rings (SSSR count). The molecule has 0 aromatic rings. The molecule has 4 heteroatoms. The first kappa shape index (κ1) is 9.81. The fraction of sp³-hybridized carbons (Fsp3) is 0.833. The van der Waals surface area contributed by atoms with Gasteiger partial charge in [0, 0.05) is 7.05 Å². The van der Waals surface area contributed by atoms with E-state index in [9.17, 15) is 10.2 Å². The molecular weight excluding hydrogens is 146 g/mol. The topological polar surface area (TPSA) is 52.8 Å². The Hall–Kier alpha value is -0.193. The van der Waals surface area contributed by atoms with Gasteiger partial charge < -0.3 is 10.2 Å². The van der Waals surface area contributed by atoms with Crippen LogP contribution in [0.2, 0.25) is 19.6 Å². The molecule has 0 aromatic carbocycles. The smallest absolute Gasteiger partial charge is 0.179 e. The standard InChI is InChI=1S/C6H15NO2Si/c1-7-5-6(8,9)10(2,3)4/h5,8-9H,1-4H3. The van der Waals surface area contributed by atoms with Gasteiger partial charge in [0.2, 0.25) is 0 Å². The summed E-state index contributed by atoms with van der Waals surface area (Å²) < 4.78 is 0. The Bertz CT molecular complexity index is 137. The van der Waals surface area contributed by atoms with E-state index in [1.165, 1.54) is 13.3 Å². The molecule has 0 unspecified atom stereocenters. The fourth-order valence-corrected chi connectivity index (χ4v) is 0.890. The average Bonchev–Trinajstić information content (AvgIpc) is 1.61. The molecule has 0 aliphatic rings. The van der Waals surface area contributed by atoms with Gasteiger partial charge in [-0.05, 0) is 0 Å². The van der Waals surface area contributed by atoms with Crippen molar-refractivity contribution in [2.75, 3.05) is 7.05 Å². The van der Waals surface area contributed by atoms with Gasteiger partial charge in [0.25, 0.3) is 0 Å². The van der Waals surface area contributed by atoms with Crippen LogP contribution >= 0.6 is 0 Å². The first-order valence-corrected chi connectivity index (χ1v) is 6.69. The molecule has 0 aliphatic carbocycles. The maximum atomic E-state index is 9.32. The van der Waals surface area contributed by atoms with Crippen LogP contribution in [0.4, 0.5) is 0 Å². The van der Waals surface area contributed by atoms with E-state index in [1.807, 2.05) is 19.6 Å². The minimum absolute atomic E-state index is 1.19. The van der Waals surface area contributed by atoms with Crippen LogP contribution in [0.25, 0.3) is 0 Å². The van der Waals surface area contributed by atoms with Crippen LogP contribution in [0.5, 0.6) is 0 Å². The van der Waals surface area contributed by atoms with Gasteiger partial charge in [-0.1, -0.05) is 19.6 Å². The third-order valence-corrected chi connectivity index (χ3v) is 3.75. The Kier molecular flexibility index (Phi) is 2.76. The highest BCUT2D eigenvalue weighted by molar-refractivity contribution is 6.80. The number of hydrogen-bond acceptors (Lipinski definition) is 3. The summed E-state index contributed by atoms with van der Waals surface area (Å²) in [5.74, 6) is 0. The van der Waals surface area contributed by atoms with Gasteiger partial charge in [0.1, 0.15) is 8.07 Å². The van der Waals surface area contributed by atoms with E-state index in [0.717, 1.165) is 0 Å². The first-order chi connectivity index (χ1) is 4.31. The minimum Gasteiger partial charge on any atom is -0.365 e. The van der Waals surface area contributed by atoms with E-state index >= 15 is 0 Å². The van der Waals surface area contributed by atoms with Gasteiger partial charge in [-0.3, -0.25) is 4.99 Å². The summed E-state index contributed by atoms with van der Waals surface area (Å²) in [4.78, 5) is 3.58. The van der Waals surface area contributed by atoms with Crippen LogP contribution in [0.15, 0.2) is 4.99 Å². The lowest BCUT2D eigenvalue weighted by atomic mass is 10.7. The molecular formula is C6H15NO2Si. The van der Waals surface area contributed by atoms with Gasteiger partial charge in [0.05, 0.1) is 6.21 Å². The number of aliphatic hydroxyl groups is 2. The van der Waals surface area contributed by atoms with Crippen LogP contribution in [0, 0.1) is 0 Å². The lowest BCUT2D eigenvalue weighted by Crippen LogP contribution is -2.53. The number of hydrogen-bond donors (Lipinski definition) is 2. The van der Waals surface area contributed by atoms with E-state index < -0.39 is 13.5 Å². The molecule has 0 bridgehead atoms. The lowest BCUT2D eigenvalue weighted by molar-refractivity contribution is -0.0299. The average molecular weight is 161 g/mol. The van der Waals surface area contributed by atoms with E-state index in [0.29, 0.717) is 0 Å². The third kappa shape index (κ3) is 2.21. The highest BCUT2D eigenvalue weighted by Gasteiger charge is 2.38. The summed E-state index contributed by atoms with van der Waals surface area (Å²) in [6.07, 6.45) is 1.19. The van der Waals surface area contributed by atoms with E-state index in [4.69, 9.17) is 0 Å². The van der Waals surface area contributed by atoms with Gasteiger partial charge in [-0.15, -0.1) is 0 Å². The minimum atomic E-state index is -1.94. The van der Waals surface area contributed by atoms with Gasteiger partial charge >= 0.3 is 0 Å². The van der Waals surface area contributed by atoms with E-state index in [1.54, 1.807) is 0 Å². The van der Waals surface area contributed by atoms with E-state index in [2.05, 4.69) is 4.99 Å². The second-order valence-corrected chi connectivity index (χ2v) is 8.60. The molecule has 10 heavy (non-hydrogen) atoms. The molecule has 60 valence electrons. The van der Waals surface area contributed by atoms with Crippen molar-refractivity contribution >= 4 is 14.3 Å². The quantitative estimate of drug-likeness (QED) is 0.346. The van der Waals surface area contributed by atoms with Crippen molar-refractivity contribution in [2.24, 2.45) is 4.99 Å². The molecule has 0 fully saturated rings. The first-order valence-electron chi connectivity index (χ1n) is 3.19. The molecule has 0 spiro atoms. The SMILES string of the molecule is CN=CC(O)(O)[Si](C)(C)C. The molecule has 0 radical (unpaired) electrons. The van der Waals surface area contributed by atoms with Crippen molar-refractivity contribution in [2.45, 2.75) is 25.1 Å². The Balaban J connectivity index is 4.40. The van der Waals surface area contributed by atoms with Crippen molar-refractivity contribution in [3.8, 4) is 0 Å². The number of aliphatic imine (C=N–C) groups is 1. The Morgan fingerprint density at radius 3 is 1.80 bits per heavy atom. The molecule has 0 heterocycles. The maximum absolute atomic E-state index is 9.32. The van der Waals surface area contributed by atoms with Gasteiger partial charge in [-0.2, -0.15) is 0 Å². The Labute approximate surface area is 62.4 Å². The second-order valence-electron chi connectivity index (χ2n) is 3.36. The van der Waals surface area contributed by atoms with Crippen molar-refractivity contribution in [3.63, 3.8) is 0 Å². The monoisotopic (exact) mass is 161 g/mol. The summed E-state index contributed by atoms with van der Waals surface area (Å²) in [5, 5.41) is 18.6. The summed E-state index contributed by atoms with van der Waals surface area (Å²) in [6, 6.07) is 0. The van der Waals surface area contributed by atoms with Crippen LogP contribution in [0.1, 0.15) is 0 Å². The van der Waals surface area contributed by atoms with Gasteiger partial charge in [0.15, 0.2) is 5.41 Å². The van der Waals surface area contributed by atoms with E-state index in [-0.39, 0.29) is 0 Å². The van der Waals surface area contributed by atoms with Crippen molar-refractivity contribution in [1.82, 2.24) is 0 Å². The lowest BCUT2D eigenvalue weighted by Gasteiger charge is -2.29. The Morgan fingerprint density at radius 2 is 1.70 bits per heavy atom. The number of rotatable bonds is 2. The van der Waals surface area contributed by atoms with Crippen molar-refractivity contribution in [1.29, 1.82) is 0 Å². The summed E-state index contributed by atoms with van der Waals surface area (Å²) in [7, 11) is -0.415. The molecule has 0 atom stereocenters. The number of nitrogens with zero attached hydrogens (tertiary/aromatic N) is 1. The molecule has 0 amide bonds. The third-order valence-electron chi connectivity index (χ3n) is 1.41. The zero-order chi connectivity index (χ0) is 8.41. The van der Waals surface area contributed by atoms with Crippen molar-refractivity contribution in [3.05, 3.63) is 0 Å². The van der Waals surface area contributed by atoms with Crippen LogP contribution in [-0.2, 0) is 0 Å². The van der Waals surface area contributed by atoms with Gasteiger partial charge in [-0.25, -0.2) is 0 Å². The maximum Gasteiger partial charge on any atom is 0.179 e. The largest absolute Gasteiger partial charge is 0.365 e. The van der Waals surface area contributed by atoms with Crippen LogP contribution < -0.4 is 0 Å². The molecule has 0 saturated carbocycles. The Morgan fingerprint density at radius 1 is 1.30 bits per heavy atom. The predicted molar refractivity (Wildman–Crippen MR) is 44.9 cm³/mol. The molecule has 0 aliphatic heterocycles. The zero-order valence-electron chi connectivity index (χ0n) is 6.92. The van der Waals surface area contributed by atoms with Crippen LogP contribution in [0.3, 0.4) is 0 Å². The molecule has 2 N–H and O–H groups in total. The van der Waals surface area contributed by atoms with Crippen LogP contribution in [-0.4, -0.2) is 37.0 Å². The normalized spacial score (nSPS) is 14.6. The summed E-state index contributed by atoms with van der Waals surface area (Å²) >= 11 is 0. The zero-order valence-corrected chi connectivity index (χ0v) is 7.92. The molecule has 0 aromatic heterocycles. The highest BCUT2D eigenvalue weighted by atomic mass is 28.3.